The molecule has 24 heavy (non-hydrogen) atoms. The van der Waals surface area contributed by atoms with Crippen LogP contribution in [0.4, 0.5) is 0 Å². The van der Waals surface area contributed by atoms with Gasteiger partial charge in [-0.15, -0.1) is 24.0 Å². The van der Waals surface area contributed by atoms with Crippen LogP contribution in [0, 0.1) is 0 Å². The van der Waals surface area contributed by atoms with E-state index in [0.717, 1.165) is 24.8 Å². The number of hydrogen-bond donors (Lipinski definition) is 2. The number of rotatable bonds is 9. The molecule has 0 radical (unpaired) electrons. The average Bonchev–Trinajstić information content (AvgIpc) is 2.53. The number of halogens is 1. The fraction of sp³-hybridized carbons (Fsp3) is 0.611. The van der Waals surface area contributed by atoms with Crippen molar-refractivity contribution in [2.24, 2.45) is 4.99 Å². The Morgan fingerprint density at radius 1 is 1.04 bits per heavy atom. The molecule has 0 unspecified atom stereocenters. The predicted octanol–water partition coefficient (Wildman–Crippen LogP) is 2.97. The fourth-order valence-corrected chi connectivity index (χ4v) is 2.49. The number of ether oxygens (including phenoxy) is 1. The first-order chi connectivity index (χ1) is 11.0. The molecule has 0 atom stereocenters. The smallest absolute Gasteiger partial charge is 0.191 e. The van der Waals surface area contributed by atoms with Crippen molar-refractivity contribution >= 4 is 29.9 Å². The van der Waals surface area contributed by atoms with E-state index in [0.29, 0.717) is 25.2 Å². The molecule has 0 spiro atoms. The minimum atomic E-state index is 0. The Morgan fingerprint density at radius 3 is 2.17 bits per heavy atom. The molecule has 0 aliphatic rings. The Labute approximate surface area is 164 Å². The molecule has 0 saturated heterocycles. The Kier molecular flexibility index (Phi) is 12.7. The highest BCUT2D eigenvalue weighted by atomic mass is 127. The summed E-state index contributed by atoms with van der Waals surface area (Å²) in [5, 5.41) is 6.62. The van der Waals surface area contributed by atoms with Gasteiger partial charge in [-0.1, -0.05) is 18.2 Å². The van der Waals surface area contributed by atoms with Crippen LogP contribution in [-0.2, 0) is 0 Å². The highest BCUT2D eigenvalue weighted by Gasteiger charge is 2.12. The highest BCUT2D eigenvalue weighted by molar-refractivity contribution is 14.0. The Hall–Kier alpha value is -1.02. The van der Waals surface area contributed by atoms with Crippen molar-refractivity contribution in [2.45, 2.75) is 39.8 Å². The fourth-order valence-electron chi connectivity index (χ4n) is 2.49. The van der Waals surface area contributed by atoms with Gasteiger partial charge < -0.3 is 15.4 Å². The first-order valence-electron chi connectivity index (χ1n) is 8.42. The molecule has 0 heterocycles. The van der Waals surface area contributed by atoms with E-state index >= 15 is 0 Å². The first-order valence-corrected chi connectivity index (χ1v) is 8.42. The number of hydrogen-bond acceptors (Lipinski definition) is 3. The molecular weight excluding hydrogens is 415 g/mol. The number of nitrogens with one attached hydrogen (secondary N) is 2. The number of benzene rings is 1. The summed E-state index contributed by atoms with van der Waals surface area (Å²) in [6.45, 7) is 12.1. The van der Waals surface area contributed by atoms with Crippen LogP contribution < -0.4 is 15.4 Å². The second kappa shape index (κ2) is 13.3. The molecule has 5 nitrogen and oxygen atoms in total. The van der Waals surface area contributed by atoms with Crippen LogP contribution in [0.3, 0.4) is 0 Å². The lowest BCUT2D eigenvalue weighted by Crippen LogP contribution is -2.45. The van der Waals surface area contributed by atoms with Gasteiger partial charge in [-0.2, -0.15) is 0 Å². The lowest BCUT2D eigenvalue weighted by molar-refractivity contribution is 0.178. The van der Waals surface area contributed by atoms with Gasteiger partial charge in [-0.3, -0.25) is 9.89 Å². The summed E-state index contributed by atoms with van der Waals surface area (Å²) < 4.78 is 5.65. The van der Waals surface area contributed by atoms with Gasteiger partial charge in [-0.25, -0.2) is 0 Å². The Morgan fingerprint density at radius 2 is 1.62 bits per heavy atom. The predicted molar refractivity (Wildman–Crippen MR) is 114 cm³/mol. The SMILES string of the molecule is CN=C(NCCOc1ccccc1)NCCN(C(C)C)C(C)C.I. The maximum atomic E-state index is 5.65. The normalized spacial score (nSPS) is 11.6. The van der Waals surface area contributed by atoms with Gasteiger partial charge in [0.2, 0.25) is 0 Å². The second-order valence-electron chi connectivity index (χ2n) is 6.01. The maximum Gasteiger partial charge on any atom is 0.191 e. The van der Waals surface area contributed by atoms with E-state index in [1.54, 1.807) is 7.05 Å². The quantitative estimate of drug-likeness (QED) is 0.264. The molecule has 0 saturated carbocycles. The van der Waals surface area contributed by atoms with Crippen LogP contribution in [0.25, 0.3) is 0 Å². The molecule has 1 aromatic rings. The van der Waals surface area contributed by atoms with Crippen LogP contribution in [0.15, 0.2) is 35.3 Å². The average molecular weight is 448 g/mol. The van der Waals surface area contributed by atoms with Crippen molar-refractivity contribution in [1.29, 1.82) is 0 Å². The molecule has 0 bridgehead atoms. The van der Waals surface area contributed by atoms with E-state index in [4.69, 9.17) is 4.74 Å². The van der Waals surface area contributed by atoms with Gasteiger partial charge in [0.25, 0.3) is 0 Å². The molecule has 6 heteroatoms. The minimum absolute atomic E-state index is 0. The van der Waals surface area contributed by atoms with Crippen LogP contribution in [-0.4, -0.2) is 56.2 Å². The Bertz CT molecular complexity index is 444. The van der Waals surface area contributed by atoms with Crippen molar-refractivity contribution in [3.8, 4) is 5.75 Å². The largest absolute Gasteiger partial charge is 0.492 e. The lowest BCUT2D eigenvalue weighted by Gasteiger charge is -2.30. The second-order valence-corrected chi connectivity index (χ2v) is 6.01. The number of para-hydroxylation sites is 1. The van der Waals surface area contributed by atoms with E-state index < -0.39 is 0 Å². The number of nitrogens with zero attached hydrogens (tertiary/aromatic N) is 2. The summed E-state index contributed by atoms with van der Waals surface area (Å²) in [6.07, 6.45) is 0. The maximum absolute atomic E-state index is 5.65. The van der Waals surface area contributed by atoms with Crippen LogP contribution >= 0.6 is 24.0 Å². The first kappa shape index (κ1) is 23.0. The van der Waals surface area contributed by atoms with E-state index in [1.165, 1.54) is 0 Å². The van der Waals surface area contributed by atoms with Crippen LogP contribution in [0.2, 0.25) is 0 Å². The van der Waals surface area contributed by atoms with Gasteiger partial charge in [0, 0.05) is 32.2 Å². The summed E-state index contributed by atoms with van der Waals surface area (Å²) in [6, 6.07) is 10.9. The summed E-state index contributed by atoms with van der Waals surface area (Å²) in [7, 11) is 1.79. The van der Waals surface area contributed by atoms with Gasteiger partial charge in [0.15, 0.2) is 5.96 Å². The van der Waals surface area contributed by atoms with Gasteiger partial charge >= 0.3 is 0 Å². The Balaban J connectivity index is 0.00000529. The molecule has 0 aromatic heterocycles. The third-order valence-electron chi connectivity index (χ3n) is 3.62. The molecule has 0 fully saturated rings. The molecule has 1 aromatic carbocycles. The summed E-state index contributed by atoms with van der Waals surface area (Å²) in [5.41, 5.74) is 0. The monoisotopic (exact) mass is 448 g/mol. The molecule has 138 valence electrons. The topological polar surface area (TPSA) is 48.9 Å². The molecule has 0 amide bonds. The zero-order valence-electron chi connectivity index (χ0n) is 15.6. The van der Waals surface area contributed by atoms with Crippen molar-refractivity contribution < 1.29 is 4.74 Å². The lowest BCUT2D eigenvalue weighted by atomic mass is 10.2. The van der Waals surface area contributed by atoms with Crippen LogP contribution in [0.1, 0.15) is 27.7 Å². The summed E-state index contributed by atoms with van der Waals surface area (Å²) in [5.74, 6) is 1.70. The number of aliphatic imine (C=N–C) groups is 1. The van der Waals surface area contributed by atoms with Crippen molar-refractivity contribution in [3.05, 3.63) is 30.3 Å². The summed E-state index contributed by atoms with van der Waals surface area (Å²) in [4.78, 5) is 6.70. The minimum Gasteiger partial charge on any atom is -0.492 e. The summed E-state index contributed by atoms with van der Waals surface area (Å²) >= 11 is 0. The third kappa shape index (κ3) is 9.32. The van der Waals surface area contributed by atoms with Crippen molar-refractivity contribution in [2.75, 3.05) is 33.3 Å². The third-order valence-corrected chi connectivity index (χ3v) is 3.62. The zero-order valence-corrected chi connectivity index (χ0v) is 17.9. The zero-order chi connectivity index (χ0) is 17.1. The van der Waals surface area contributed by atoms with Gasteiger partial charge in [0.1, 0.15) is 12.4 Å². The molecule has 0 aliphatic carbocycles. The molecule has 0 aliphatic heterocycles. The van der Waals surface area contributed by atoms with E-state index in [2.05, 4.69) is 48.2 Å². The van der Waals surface area contributed by atoms with E-state index in [1.807, 2.05) is 30.3 Å². The van der Waals surface area contributed by atoms with E-state index in [-0.39, 0.29) is 24.0 Å². The van der Waals surface area contributed by atoms with Crippen molar-refractivity contribution in [1.82, 2.24) is 15.5 Å². The molecule has 2 N–H and O–H groups in total. The van der Waals surface area contributed by atoms with Crippen LogP contribution in [0.5, 0.6) is 5.75 Å². The van der Waals surface area contributed by atoms with Gasteiger partial charge in [-0.05, 0) is 39.8 Å². The van der Waals surface area contributed by atoms with E-state index in [9.17, 15) is 0 Å². The van der Waals surface area contributed by atoms with Gasteiger partial charge in [0.05, 0.1) is 6.54 Å². The number of guanidine groups is 1. The molecular formula is C18H33IN4O. The van der Waals surface area contributed by atoms with Crippen molar-refractivity contribution in [3.63, 3.8) is 0 Å². The highest BCUT2D eigenvalue weighted by Crippen LogP contribution is 2.07. The molecule has 1 rings (SSSR count). The standard InChI is InChI=1S/C18H32N4O.HI/c1-15(2)22(16(3)4)13-11-20-18(19-5)21-12-14-23-17-9-7-6-8-10-17;/h6-10,15-16H,11-14H2,1-5H3,(H2,19,20,21);1H.